The van der Waals surface area contributed by atoms with Gasteiger partial charge in [0.1, 0.15) is 11.9 Å². The molecule has 1 fully saturated rings. The maximum atomic E-state index is 12.9. The predicted octanol–water partition coefficient (Wildman–Crippen LogP) is 2.62. The third-order valence-corrected chi connectivity index (χ3v) is 6.35. The molecule has 3 heterocycles. The van der Waals surface area contributed by atoms with Crippen molar-refractivity contribution in [1.82, 2.24) is 19.5 Å². The molecule has 1 saturated heterocycles. The summed E-state index contributed by atoms with van der Waals surface area (Å²) in [6.07, 6.45) is -0.435. The van der Waals surface area contributed by atoms with Crippen molar-refractivity contribution in [1.29, 1.82) is 0 Å². The van der Waals surface area contributed by atoms with Crippen LogP contribution in [0.25, 0.3) is 0 Å². The van der Waals surface area contributed by atoms with E-state index in [0.717, 1.165) is 5.69 Å². The van der Waals surface area contributed by atoms with Crippen LogP contribution in [0.2, 0.25) is 0 Å². The van der Waals surface area contributed by atoms with Gasteiger partial charge >= 0.3 is 0 Å². The number of benzene rings is 1. The van der Waals surface area contributed by atoms with E-state index in [1.807, 2.05) is 31.2 Å². The lowest BCUT2D eigenvalue weighted by atomic mass is 10.2. The molecule has 0 amide bonds. The Hall–Kier alpha value is -2.75. The topological polar surface area (TPSA) is 100 Å². The normalized spacial score (nSPS) is 18.1. The maximum Gasteiger partial charge on any atom is 0.243 e. The monoisotopic (exact) mass is 399 g/mol. The number of sulfonamides is 1. The Balaban J connectivity index is 1.52. The highest BCUT2D eigenvalue weighted by molar-refractivity contribution is 7.89. The van der Waals surface area contributed by atoms with Crippen molar-refractivity contribution in [3.63, 3.8) is 0 Å². The molecule has 0 aliphatic carbocycles. The van der Waals surface area contributed by atoms with Gasteiger partial charge in [0.2, 0.25) is 10.0 Å². The van der Waals surface area contributed by atoms with Gasteiger partial charge in [-0.25, -0.2) is 13.4 Å². The second-order valence-electron chi connectivity index (χ2n) is 6.54. The number of H-pyrrole nitrogens is 1. The molecule has 1 aliphatic heterocycles. The average molecular weight is 399 g/mol. The number of ether oxygens (including phenoxy) is 1. The molecule has 0 spiro atoms. The Kier molecular flexibility index (Phi) is 5.12. The van der Waals surface area contributed by atoms with Crippen LogP contribution in [-0.4, -0.2) is 47.6 Å². The van der Waals surface area contributed by atoms with E-state index in [9.17, 15) is 8.42 Å². The number of aryl methyl sites for hydroxylation is 1. The Morgan fingerprint density at radius 2 is 1.96 bits per heavy atom. The van der Waals surface area contributed by atoms with Gasteiger partial charge in [0.25, 0.3) is 0 Å². The molecule has 2 N–H and O–H groups in total. The van der Waals surface area contributed by atoms with Crippen LogP contribution in [0.4, 0.5) is 11.6 Å². The van der Waals surface area contributed by atoms with Crippen molar-refractivity contribution in [2.24, 2.45) is 0 Å². The second-order valence-corrected chi connectivity index (χ2v) is 8.48. The molecule has 2 aromatic heterocycles. The van der Waals surface area contributed by atoms with E-state index in [1.54, 1.807) is 30.3 Å². The van der Waals surface area contributed by atoms with Gasteiger partial charge in [-0.05, 0) is 31.2 Å². The van der Waals surface area contributed by atoms with Crippen LogP contribution >= 0.6 is 0 Å². The highest BCUT2D eigenvalue weighted by Crippen LogP contribution is 2.26. The van der Waals surface area contributed by atoms with Crippen molar-refractivity contribution < 1.29 is 13.2 Å². The van der Waals surface area contributed by atoms with Crippen LogP contribution in [0.15, 0.2) is 59.5 Å². The number of morpholine rings is 1. The summed E-state index contributed by atoms with van der Waals surface area (Å²) in [6, 6.07) is 15.8. The SMILES string of the molecule is Cc1cc(Nc2cccc([C@H]3CN(S(=O)(=O)c4ccccc4)CCO3)n2)n[nH]1. The predicted molar refractivity (Wildman–Crippen MR) is 105 cm³/mol. The Morgan fingerprint density at radius 1 is 1.14 bits per heavy atom. The van der Waals surface area contributed by atoms with Crippen molar-refractivity contribution in [2.75, 3.05) is 25.0 Å². The van der Waals surface area contributed by atoms with Crippen LogP contribution in [0.1, 0.15) is 17.5 Å². The van der Waals surface area contributed by atoms with E-state index in [2.05, 4.69) is 20.5 Å². The lowest BCUT2D eigenvalue weighted by Gasteiger charge is -2.32. The molecule has 1 aliphatic rings. The van der Waals surface area contributed by atoms with Gasteiger partial charge in [-0.1, -0.05) is 24.3 Å². The van der Waals surface area contributed by atoms with Crippen molar-refractivity contribution in [3.05, 3.63) is 66.0 Å². The smallest absolute Gasteiger partial charge is 0.243 e. The highest BCUT2D eigenvalue weighted by atomic mass is 32.2. The summed E-state index contributed by atoms with van der Waals surface area (Å²) in [5.74, 6) is 1.29. The largest absolute Gasteiger partial charge is 0.369 e. The van der Waals surface area contributed by atoms with Crippen LogP contribution in [0, 0.1) is 6.92 Å². The number of anilines is 2. The summed E-state index contributed by atoms with van der Waals surface area (Å²) in [4.78, 5) is 4.86. The number of hydrogen-bond donors (Lipinski definition) is 2. The van der Waals surface area contributed by atoms with Crippen LogP contribution in [-0.2, 0) is 14.8 Å². The van der Waals surface area contributed by atoms with E-state index in [4.69, 9.17) is 4.74 Å². The molecule has 0 unspecified atom stereocenters. The summed E-state index contributed by atoms with van der Waals surface area (Å²) in [5, 5.41) is 10.1. The van der Waals surface area contributed by atoms with Crippen LogP contribution in [0.5, 0.6) is 0 Å². The van der Waals surface area contributed by atoms with Gasteiger partial charge in [0, 0.05) is 24.8 Å². The Bertz CT molecular complexity index is 1050. The molecule has 0 bridgehead atoms. The number of nitrogens with one attached hydrogen (secondary N) is 2. The molecule has 1 atom stereocenters. The summed E-state index contributed by atoms with van der Waals surface area (Å²) in [7, 11) is -3.56. The van der Waals surface area contributed by atoms with Crippen LogP contribution < -0.4 is 5.32 Å². The minimum Gasteiger partial charge on any atom is -0.369 e. The Morgan fingerprint density at radius 3 is 2.71 bits per heavy atom. The van der Waals surface area contributed by atoms with Gasteiger partial charge < -0.3 is 10.1 Å². The van der Waals surface area contributed by atoms with Gasteiger partial charge in [-0.3, -0.25) is 5.10 Å². The standard InChI is InChI=1S/C19H21N5O3S/c1-14-12-19(23-22-14)21-18-9-5-8-16(20-18)17-13-24(10-11-27-17)28(25,26)15-6-3-2-4-7-15/h2-9,12,17H,10-11,13H2,1H3,(H2,20,21,22,23)/t17-/m1/s1. The highest BCUT2D eigenvalue weighted by Gasteiger charge is 2.32. The van der Waals surface area contributed by atoms with Gasteiger partial charge in [0.15, 0.2) is 5.82 Å². The first-order chi connectivity index (χ1) is 13.5. The summed E-state index contributed by atoms with van der Waals surface area (Å²) in [5.41, 5.74) is 1.61. The van der Waals surface area contributed by atoms with Crippen molar-refractivity contribution in [3.8, 4) is 0 Å². The minimum absolute atomic E-state index is 0.217. The van der Waals surface area contributed by atoms with Crippen molar-refractivity contribution in [2.45, 2.75) is 17.9 Å². The third-order valence-electron chi connectivity index (χ3n) is 4.47. The Labute approximate surface area is 163 Å². The fraction of sp³-hybridized carbons (Fsp3) is 0.263. The number of aromatic amines is 1. The number of nitrogens with zero attached hydrogens (tertiary/aromatic N) is 3. The number of pyridine rings is 1. The zero-order chi connectivity index (χ0) is 19.6. The fourth-order valence-corrected chi connectivity index (χ4v) is 4.52. The number of rotatable bonds is 5. The first-order valence-corrected chi connectivity index (χ1v) is 10.4. The molecule has 0 radical (unpaired) electrons. The van der Waals surface area contributed by atoms with E-state index in [1.165, 1.54) is 4.31 Å². The fourth-order valence-electron chi connectivity index (χ4n) is 3.08. The summed E-state index contributed by atoms with van der Waals surface area (Å²) >= 11 is 0. The molecular weight excluding hydrogens is 378 g/mol. The van der Waals surface area contributed by atoms with E-state index >= 15 is 0 Å². The quantitative estimate of drug-likeness (QED) is 0.684. The molecule has 9 heteroatoms. The van der Waals surface area contributed by atoms with Gasteiger partial charge in [-0.2, -0.15) is 9.40 Å². The number of aromatic nitrogens is 3. The molecular formula is C19H21N5O3S. The van der Waals surface area contributed by atoms with Gasteiger partial charge in [0.05, 0.1) is 17.2 Å². The lowest BCUT2D eigenvalue weighted by molar-refractivity contribution is -0.00486. The minimum atomic E-state index is -3.56. The molecule has 3 aromatic rings. The molecule has 4 rings (SSSR count). The molecule has 0 saturated carbocycles. The van der Waals surface area contributed by atoms with Crippen molar-refractivity contribution >= 4 is 21.7 Å². The molecule has 28 heavy (non-hydrogen) atoms. The van der Waals surface area contributed by atoms with E-state index in [-0.39, 0.29) is 11.4 Å². The average Bonchev–Trinajstić information content (AvgIpc) is 3.13. The number of hydrogen-bond acceptors (Lipinski definition) is 6. The first-order valence-electron chi connectivity index (χ1n) is 8.95. The summed E-state index contributed by atoms with van der Waals surface area (Å²) in [6.45, 7) is 2.77. The molecule has 146 valence electrons. The molecule has 1 aromatic carbocycles. The van der Waals surface area contributed by atoms with Gasteiger partial charge in [-0.15, -0.1) is 0 Å². The third kappa shape index (κ3) is 3.91. The molecule has 8 nitrogen and oxygen atoms in total. The summed E-state index contributed by atoms with van der Waals surface area (Å²) < 4.78 is 33.1. The van der Waals surface area contributed by atoms with E-state index in [0.29, 0.717) is 30.5 Å². The first kappa shape index (κ1) is 18.6. The van der Waals surface area contributed by atoms with E-state index < -0.39 is 16.1 Å². The lowest BCUT2D eigenvalue weighted by Crippen LogP contribution is -2.42. The zero-order valence-corrected chi connectivity index (χ0v) is 16.2. The zero-order valence-electron chi connectivity index (χ0n) is 15.4. The van der Waals surface area contributed by atoms with Crippen LogP contribution in [0.3, 0.4) is 0 Å². The maximum absolute atomic E-state index is 12.9. The second kappa shape index (κ2) is 7.70.